The smallest absolute Gasteiger partial charge is 0.270 e. The van der Waals surface area contributed by atoms with Crippen molar-refractivity contribution in [2.24, 2.45) is 10.7 Å². The molecule has 5 rings (SSSR count). The lowest BCUT2D eigenvalue weighted by Crippen LogP contribution is -2.37. The zero-order valence-electron chi connectivity index (χ0n) is 21.2. The van der Waals surface area contributed by atoms with Crippen LogP contribution in [-0.2, 0) is 12.0 Å². The van der Waals surface area contributed by atoms with Crippen molar-refractivity contribution in [1.82, 2.24) is 34.9 Å². The molecule has 4 heterocycles. The van der Waals surface area contributed by atoms with E-state index in [1.54, 1.807) is 35.1 Å². The number of aliphatic imine (C=N–C) groups is 1. The average molecular weight is 502 g/mol. The molecule has 1 aromatic carbocycles. The summed E-state index contributed by atoms with van der Waals surface area (Å²) in [6.07, 6.45) is 1.65. The Morgan fingerprint density at radius 1 is 1.16 bits per heavy atom. The monoisotopic (exact) mass is 501 g/mol. The van der Waals surface area contributed by atoms with E-state index in [-0.39, 0.29) is 29.8 Å². The standard InChI is InChI=1S/C26H28FN9O/c1-26(2)18-20(24(37)30-12-13-35(3)4)31-22(32-21(18)33-25(26)28)19-16-9-7-11-29-23(16)36(34-19)14-15-8-5-6-10-17(15)27/h5-11H,12-14H2,1-4H3,(H,30,37)(H2,28,31,32,33). The number of pyridine rings is 1. The highest BCUT2D eigenvalue weighted by Crippen LogP contribution is 2.40. The van der Waals surface area contributed by atoms with E-state index in [9.17, 15) is 9.18 Å². The van der Waals surface area contributed by atoms with Crippen molar-refractivity contribution in [3.05, 3.63) is 65.2 Å². The van der Waals surface area contributed by atoms with Crippen LogP contribution in [0.3, 0.4) is 0 Å². The maximum absolute atomic E-state index is 14.4. The molecule has 190 valence electrons. The van der Waals surface area contributed by atoms with Gasteiger partial charge in [-0.3, -0.25) is 4.79 Å². The van der Waals surface area contributed by atoms with Gasteiger partial charge in [0, 0.05) is 30.4 Å². The van der Waals surface area contributed by atoms with Gasteiger partial charge in [-0.05, 0) is 46.1 Å². The van der Waals surface area contributed by atoms with Crippen molar-refractivity contribution in [3.8, 4) is 11.5 Å². The lowest BCUT2D eigenvalue weighted by atomic mass is 9.84. The van der Waals surface area contributed by atoms with Crippen molar-refractivity contribution in [2.45, 2.75) is 25.8 Å². The number of hydrogen-bond donors (Lipinski definition) is 2. The predicted octanol–water partition coefficient (Wildman–Crippen LogP) is 2.65. The summed E-state index contributed by atoms with van der Waals surface area (Å²) in [7, 11) is 3.86. The molecule has 0 atom stereocenters. The fourth-order valence-corrected chi connectivity index (χ4v) is 4.31. The van der Waals surface area contributed by atoms with E-state index in [1.807, 2.05) is 38.9 Å². The minimum atomic E-state index is -0.712. The maximum Gasteiger partial charge on any atom is 0.270 e. The first-order valence-corrected chi connectivity index (χ1v) is 11.9. The Morgan fingerprint density at radius 2 is 1.95 bits per heavy atom. The molecule has 10 nitrogen and oxygen atoms in total. The summed E-state index contributed by atoms with van der Waals surface area (Å²) in [6.45, 7) is 5.06. The van der Waals surface area contributed by atoms with Crippen molar-refractivity contribution in [2.75, 3.05) is 27.2 Å². The van der Waals surface area contributed by atoms with Crippen molar-refractivity contribution in [3.63, 3.8) is 0 Å². The number of rotatable bonds is 7. The highest BCUT2D eigenvalue weighted by Gasteiger charge is 2.40. The van der Waals surface area contributed by atoms with Gasteiger partial charge in [-0.2, -0.15) is 5.10 Å². The molecule has 11 heteroatoms. The van der Waals surface area contributed by atoms with Crippen molar-refractivity contribution < 1.29 is 9.18 Å². The highest BCUT2D eigenvalue weighted by atomic mass is 19.1. The van der Waals surface area contributed by atoms with Crippen LogP contribution in [0.2, 0.25) is 0 Å². The number of aromatic nitrogens is 5. The number of nitrogens with two attached hydrogens (primary N) is 1. The molecule has 0 fully saturated rings. The van der Waals surface area contributed by atoms with E-state index in [4.69, 9.17) is 10.8 Å². The van der Waals surface area contributed by atoms with Crippen LogP contribution in [0.4, 0.5) is 10.2 Å². The molecule has 0 radical (unpaired) electrons. The van der Waals surface area contributed by atoms with E-state index < -0.39 is 5.41 Å². The highest BCUT2D eigenvalue weighted by molar-refractivity contribution is 6.04. The van der Waals surface area contributed by atoms with E-state index in [2.05, 4.69) is 25.3 Å². The lowest BCUT2D eigenvalue weighted by Gasteiger charge is -2.21. The van der Waals surface area contributed by atoms with Crippen molar-refractivity contribution >= 4 is 28.6 Å². The van der Waals surface area contributed by atoms with E-state index >= 15 is 0 Å². The molecule has 0 unspecified atom stereocenters. The summed E-state index contributed by atoms with van der Waals surface area (Å²) < 4.78 is 16.0. The van der Waals surface area contributed by atoms with Gasteiger partial charge < -0.3 is 16.0 Å². The quantitative estimate of drug-likeness (QED) is 0.399. The third-order valence-corrected chi connectivity index (χ3v) is 6.44. The lowest BCUT2D eigenvalue weighted by molar-refractivity contribution is 0.0944. The molecule has 37 heavy (non-hydrogen) atoms. The zero-order valence-corrected chi connectivity index (χ0v) is 21.2. The first-order valence-electron chi connectivity index (χ1n) is 11.9. The van der Waals surface area contributed by atoms with Crippen LogP contribution in [0, 0.1) is 5.82 Å². The fourth-order valence-electron chi connectivity index (χ4n) is 4.31. The molecule has 3 aromatic heterocycles. The van der Waals surface area contributed by atoms with Crippen LogP contribution < -0.4 is 11.1 Å². The number of amidine groups is 1. The van der Waals surface area contributed by atoms with Crippen LogP contribution in [0.1, 0.15) is 35.5 Å². The minimum Gasteiger partial charge on any atom is -0.386 e. The number of halogens is 1. The topological polar surface area (TPSA) is 127 Å². The number of hydrogen-bond acceptors (Lipinski definition) is 8. The fraction of sp³-hybridized carbons (Fsp3) is 0.308. The Morgan fingerprint density at radius 3 is 2.70 bits per heavy atom. The summed E-state index contributed by atoms with van der Waals surface area (Å²) in [5.41, 5.74) is 7.73. The molecule has 1 aliphatic heterocycles. The van der Waals surface area contributed by atoms with Gasteiger partial charge in [-0.25, -0.2) is 29.0 Å². The molecule has 1 aliphatic rings. The maximum atomic E-state index is 14.4. The number of nitrogens with zero attached hydrogens (tertiary/aromatic N) is 7. The molecule has 0 spiro atoms. The zero-order chi connectivity index (χ0) is 26.3. The number of likely N-dealkylation sites (N-methyl/N-ethyl adjacent to an activating group) is 1. The van der Waals surface area contributed by atoms with Crippen LogP contribution >= 0.6 is 0 Å². The summed E-state index contributed by atoms with van der Waals surface area (Å²) >= 11 is 0. The third-order valence-electron chi connectivity index (χ3n) is 6.44. The van der Waals surface area contributed by atoms with Gasteiger partial charge >= 0.3 is 0 Å². The largest absolute Gasteiger partial charge is 0.386 e. The van der Waals surface area contributed by atoms with E-state index in [1.165, 1.54) is 6.07 Å². The van der Waals surface area contributed by atoms with Crippen LogP contribution in [-0.4, -0.2) is 68.6 Å². The number of amides is 1. The minimum absolute atomic E-state index is 0.168. The van der Waals surface area contributed by atoms with Gasteiger partial charge in [0.1, 0.15) is 23.0 Å². The van der Waals surface area contributed by atoms with Gasteiger partial charge in [0.2, 0.25) is 0 Å². The molecular weight excluding hydrogens is 473 g/mol. The summed E-state index contributed by atoms with van der Waals surface area (Å²) in [6, 6.07) is 10.1. The van der Waals surface area contributed by atoms with Crippen molar-refractivity contribution in [1.29, 1.82) is 0 Å². The second kappa shape index (κ2) is 9.32. The number of benzene rings is 1. The predicted molar refractivity (Wildman–Crippen MR) is 139 cm³/mol. The Labute approximate surface area is 213 Å². The molecule has 0 bridgehead atoms. The van der Waals surface area contributed by atoms with Crippen LogP contribution in [0.25, 0.3) is 22.6 Å². The van der Waals surface area contributed by atoms with Gasteiger partial charge in [0.25, 0.3) is 5.91 Å². The molecule has 1 amide bonds. The SMILES string of the molecule is CN(C)CCNC(=O)c1nc(-c2nn(Cc3ccccc3F)c3ncccc23)nc2c1C(C)(C)C(N)=N2. The molecule has 0 aliphatic carbocycles. The number of fused-ring (bicyclic) bond motifs is 2. The molecule has 4 aromatic rings. The number of nitrogens with one attached hydrogen (secondary N) is 1. The second-order valence-electron chi connectivity index (χ2n) is 9.75. The molecular formula is C26H28FN9O. The molecule has 3 N–H and O–H groups in total. The first-order chi connectivity index (χ1) is 17.7. The van der Waals surface area contributed by atoms with Gasteiger partial charge in [-0.1, -0.05) is 18.2 Å². The number of carbonyl (C=O) groups is 1. The van der Waals surface area contributed by atoms with Gasteiger partial charge in [0.05, 0.1) is 17.3 Å². The third kappa shape index (κ3) is 4.42. The van der Waals surface area contributed by atoms with Crippen LogP contribution in [0.5, 0.6) is 0 Å². The summed E-state index contributed by atoms with van der Waals surface area (Å²) in [5, 5.41) is 8.31. The van der Waals surface area contributed by atoms with Crippen LogP contribution in [0.15, 0.2) is 47.6 Å². The van der Waals surface area contributed by atoms with Gasteiger partial charge in [-0.15, -0.1) is 0 Å². The number of carbonyl (C=O) groups excluding carboxylic acids is 1. The summed E-state index contributed by atoms with van der Waals surface area (Å²) in [5.74, 6) is 0.240. The average Bonchev–Trinajstić information content (AvgIpc) is 3.33. The normalized spacial score (nSPS) is 14.2. The Hall–Kier alpha value is -4.25. The summed E-state index contributed by atoms with van der Waals surface area (Å²) in [4.78, 5) is 33.6. The Kier molecular flexibility index (Phi) is 6.16. The second-order valence-corrected chi connectivity index (χ2v) is 9.75. The Bertz CT molecular complexity index is 1540. The van der Waals surface area contributed by atoms with E-state index in [0.717, 1.165) is 0 Å². The molecule has 0 saturated heterocycles. The first kappa shape index (κ1) is 24.4. The van der Waals surface area contributed by atoms with E-state index in [0.29, 0.717) is 52.6 Å². The Balaban J connectivity index is 1.64. The molecule has 0 saturated carbocycles. The van der Waals surface area contributed by atoms with Gasteiger partial charge in [0.15, 0.2) is 17.3 Å².